The van der Waals surface area contributed by atoms with Gasteiger partial charge in [-0.15, -0.1) is 0 Å². The Morgan fingerprint density at radius 1 is 0.943 bits per heavy atom. The second-order valence-corrected chi connectivity index (χ2v) is 11.2. The van der Waals surface area contributed by atoms with E-state index in [2.05, 4.69) is 5.32 Å². The largest absolute Gasteiger partial charge is 0.481 e. The molecule has 0 aliphatic heterocycles. The van der Waals surface area contributed by atoms with Crippen molar-refractivity contribution < 1.29 is 28.9 Å². The molecular formula is C26H35N2O6P. The van der Waals surface area contributed by atoms with Crippen molar-refractivity contribution in [2.75, 3.05) is 25.4 Å². The van der Waals surface area contributed by atoms with E-state index in [1.807, 2.05) is 13.8 Å². The van der Waals surface area contributed by atoms with Gasteiger partial charge in [-0.05, 0) is 36.6 Å². The summed E-state index contributed by atoms with van der Waals surface area (Å²) < 4.78 is 12.9. The van der Waals surface area contributed by atoms with Gasteiger partial charge < -0.3 is 20.2 Å². The predicted octanol–water partition coefficient (Wildman–Crippen LogP) is 4.41. The first-order chi connectivity index (χ1) is 16.6. The molecule has 2 aromatic rings. The molecule has 2 aromatic carbocycles. The lowest BCUT2D eigenvalue weighted by Gasteiger charge is -2.24. The fourth-order valence-corrected chi connectivity index (χ4v) is 5.89. The highest BCUT2D eigenvalue weighted by Crippen LogP contribution is 2.46. The summed E-state index contributed by atoms with van der Waals surface area (Å²) in [4.78, 5) is 49.6. The molecular weight excluding hydrogens is 467 g/mol. The van der Waals surface area contributed by atoms with Gasteiger partial charge in [-0.3, -0.25) is 18.9 Å². The lowest BCUT2D eigenvalue weighted by atomic mass is 10.1. The van der Waals surface area contributed by atoms with Gasteiger partial charge >= 0.3 is 5.97 Å². The predicted molar refractivity (Wildman–Crippen MR) is 136 cm³/mol. The van der Waals surface area contributed by atoms with Crippen molar-refractivity contribution in [3.05, 3.63) is 71.3 Å². The number of hydrogen-bond donors (Lipinski definition) is 3. The van der Waals surface area contributed by atoms with Gasteiger partial charge in [0, 0.05) is 36.5 Å². The SMILES string of the molecule is CCCN(CCC)C(=O)c1cccc(C(=O)N[C@H](CP(=O)(O)CC(C)C(=O)O)c2ccccc2)c1. The van der Waals surface area contributed by atoms with Crippen LogP contribution < -0.4 is 5.32 Å². The first-order valence-electron chi connectivity index (χ1n) is 11.9. The number of carboxylic acid groups (broad SMARTS) is 1. The van der Waals surface area contributed by atoms with Crippen LogP contribution in [0.4, 0.5) is 0 Å². The Bertz CT molecular complexity index is 1050. The minimum atomic E-state index is -3.88. The van der Waals surface area contributed by atoms with Gasteiger partial charge in [0.1, 0.15) is 0 Å². The molecule has 0 bridgehead atoms. The maximum atomic E-state index is 13.1. The van der Waals surface area contributed by atoms with Crippen LogP contribution in [0.15, 0.2) is 54.6 Å². The number of amides is 2. The molecule has 2 rings (SSSR count). The van der Waals surface area contributed by atoms with Crippen LogP contribution in [-0.4, -0.2) is 58.1 Å². The summed E-state index contributed by atoms with van der Waals surface area (Å²) in [6.45, 7) is 6.63. The average Bonchev–Trinajstić information content (AvgIpc) is 2.83. The number of benzene rings is 2. The van der Waals surface area contributed by atoms with E-state index in [1.165, 1.54) is 13.0 Å². The van der Waals surface area contributed by atoms with Crippen LogP contribution in [0.25, 0.3) is 0 Å². The third kappa shape index (κ3) is 8.64. The van der Waals surface area contributed by atoms with Crippen molar-refractivity contribution in [2.45, 2.75) is 39.7 Å². The third-order valence-electron chi connectivity index (χ3n) is 5.60. The van der Waals surface area contributed by atoms with E-state index in [-0.39, 0.29) is 17.6 Å². The lowest BCUT2D eigenvalue weighted by Crippen LogP contribution is -2.33. The fraction of sp³-hybridized carbons (Fsp3) is 0.423. The standard InChI is InChI=1S/C26H35N2O6P/c1-4-14-28(15-5-2)25(30)22-13-9-12-21(16-22)24(29)27-23(20-10-7-6-8-11-20)18-35(33,34)17-19(3)26(31)32/h6-13,16,19,23H,4-5,14-15,17-18H2,1-3H3,(H,27,29)(H,31,32)(H,33,34)/t19?,23-/m1/s1. The van der Waals surface area contributed by atoms with Crippen LogP contribution in [-0.2, 0) is 9.36 Å². The Hall–Kier alpha value is -2.96. The van der Waals surface area contributed by atoms with E-state index < -0.39 is 37.4 Å². The highest BCUT2D eigenvalue weighted by atomic mass is 31.2. The van der Waals surface area contributed by atoms with Gasteiger partial charge in [0.05, 0.1) is 12.0 Å². The van der Waals surface area contributed by atoms with Gasteiger partial charge in [0.2, 0.25) is 7.37 Å². The van der Waals surface area contributed by atoms with Crippen LogP contribution in [0.3, 0.4) is 0 Å². The van der Waals surface area contributed by atoms with Crippen molar-refractivity contribution in [1.82, 2.24) is 10.2 Å². The number of carboxylic acids is 1. The van der Waals surface area contributed by atoms with E-state index in [1.54, 1.807) is 53.4 Å². The summed E-state index contributed by atoms with van der Waals surface area (Å²) in [5.41, 5.74) is 1.29. The Labute approximate surface area is 206 Å². The highest BCUT2D eigenvalue weighted by Gasteiger charge is 2.31. The molecule has 0 aliphatic rings. The number of hydrogen-bond acceptors (Lipinski definition) is 4. The molecule has 0 fully saturated rings. The molecule has 2 amide bonds. The molecule has 0 spiro atoms. The van der Waals surface area contributed by atoms with E-state index in [4.69, 9.17) is 5.11 Å². The zero-order valence-corrected chi connectivity index (χ0v) is 21.4. The van der Waals surface area contributed by atoms with Crippen LogP contribution >= 0.6 is 7.37 Å². The van der Waals surface area contributed by atoms with Crippen molar-refractivity contribution in [3.63, 3.8) is 0 Å². The Morgan fingerprint density at radius 2 is 1.54 bits per heavy atom. The van der Waals surface area contributed by atoms with Gasteiger partial charge in [0.25, 0.3) is 11.8 Å². The molecule has 190 valence electrons. The second kappa shape index (κ2) is 13.2. The number of nitrogens with zero attached hydrogens (tertiary/aromatic N) is 1. The van der Waals surface area contributed by atoms with E-state index in [0.717, 1.165) is 12.8 Å². The normalized spacial score (nSPS) is 14.4. The molecule has 0 heterocycles. The molecule has 9 heteroatoms. The molecule has 0 saturated heterocycles. The molecule has 0 aliphatic carbocycles. The third-order valence-corrected chi connectivity index (χ3v) is 7.66. The molecule has 35 heavy (non-hydrogen) atoms. The number of rotatable bonds is 13. The molecule has 3 atom stereocenters. The van der Waals surface area contributed by atoms with Crippen LogP contribution in [0, 0.1) is 5.92 Å². The van der Waals surface area contributed by atoms with Gasteiger partial charge in [-0.2, -0.15) is 0 Å². The molecule has 0 aromatic heterocycles. The maximum absolute atomic E-state index is 13.1. The van der Waals surface area contributed by atoms with Gasteiger partial charge in [0.15, 0.2) is 0 Å². The molecule has 3 N–H and O–H groups in total. The Morgan fingerprint density at radius 3 is 2.11 bits per heavy atom. The summed E-state index contributed by atoms with van der Waals surface area (Å²) in [5.74, 6) is -2.78. The topological polar surface area (TPSA) is 124 Å². The summed E-state index contributed by atoms with van der Waals surface area (Å²) in [6, 6.07) is 14.4. The summed E-state index contributed by atoms with van der Waals surface area (Å²) in [6.07, 6.45) is 0.953. The number of aliphatic carboxylic acids is 1. The second-order valence-electron chi connectivity index (χ2n) is 8.76. The van der Waals surface area contributed by atoms with Crippen LogP contribution in [0.5, 0.6) is 0 Å². The van der Waals surface area contributed by atoms with Gasteiger partial charge in [-0.25, -0.2) is 0 Å². The van der Waals surface area contributed by atoms with Crippen LogP contribution in [0.2, 0.25) is 0 Å². The van der Waals surface area contributed by atoms with E-state index >= 15 is 0 Å². The smallest absolute Gasteiger partial charge is 0.306 e. The van der Waals surface area contributed by atoms with Crippen molar-refractivity contribution in [2.24, 2.45) is 5.92 Å². The fourth-order valence-electron chi connectivity index (χ4n) is 3.86. The monoisotopic (exact) mass is 502 g/mol. The van der Waals surface area contributed by atoms with Gasteiger partial charge in [-0.1, -0.05) is 57.2 Å². The minimum Gasteiger partial charge on any atom is -0.481 e. The average molecular weight is 503 g/mol. The maximum Gasteiger partial charge on any atom is 0.306 e. The Balaban J connectivity index is 2.27. The summed E-state index contributed by atoms with van der Waals surface area (Å²) in [5, 5.41) is 11.9. The Kier molecular flexibility index (Phi) is 10.7. The zero-order chi connectivity index (χ0) is 26.0. The van der Waals surface area contributed by atoms with Crippen molar-refractivity contribution in [1.29, 1.82) is 0 Å². The molecule has 8 nitrogen and oxygen atoms in total. The lowest BCUT2D eigenvalue weighted by molar-refractivity contribution is -0.140. The number of carbonyl (C=O) groups excluding carboxylic acids is 2. The minimum absolute atomic E-state index is 0.148. The number of carbonyl (C=O) groups is 3. The first kappa shape index (κ1) is 28.3. The van der Waals surface area contributed by atoms with E-state index in [9.17, 15) is 23.8 Å². The summed E-state index contributed by atoms with van der Waals surface area (Å²) >= 11 is 0. The highest BCUT2D eigenvalue weighted by molar-refractivity contribution is 7.58. The quantitative estimate of drug-likeness (QED) is 0.349. The molecule has 0 radical (unpaired) electrons. The number of nitrogens with one attached hydrogen (secondary N) is 1. The first-order valence-corrected chi connectivity index (χ1v) is 13.9. The van der Waals surface area contributed by atoms with E-state index in [0.29, 0.717) is 24.2 Å². The van der Waals surface area contributed by atoms with Crippen molar-refractivity contribution >= 4 is 25.2 Å². The van der Waals surface area contributed by atoms with Crippen molar-refractivity contribution in [3.8, 4) is 0 Å². The molecule has 2 unspecified atom stereocenters. The zero-order valence-electron chi connectivity index (χ0n) is 20.5. The molecule has 0 saturated carbocycles. The summed E-state index contributed by atoms with van der Waals surface area (Å²) in [7, 11) is -3.88. The van der Waals surface area contributed by atoms with Crippen LogP contribution in [0.1, 0.15) is 65.9 Å².